The monoisotopic (exact) mass is 595 g/mol. The number of aryl methyl sites for hydroxylation is 3. The number of rotatable bonds is 7. The van der Waals surface area contributed by atoms with Crippen LogP contribution in [-0.2, 0) is 30.5 Å². The van der Waals surface area contributed by atoms with Crippen LogP contribution in [0.25, 0.3) is 38.2 Å². The van der Waals surface area contributed by atoms with Gasteiger partial charge in [-0.15, -0.1) is 11.3 Å². The number of aromatic nitrogens is 5. The van der Waals surface area contributed by atoms with Crippen molar-refractivity contribution in [2.75, 3.05) is 21.3 Å². The Balaban J connectivity index is 1.43. The number of nitrogens with zero attached hydrogens (tertiary/aromatic N) is 5. The van der Waals surface area contributed by atoms with Crippen LogP contribution in [0.15, 0.2) is 53.6 Å². The van der Waals surface area contributed by atoms with Crippen molar-refractivity contribution in [1.82, 2.24) is 24.1 Å². The molecule has 11 heteroatoms. The van der Waals surface area contributed by atoms with Gasteiger partial charge in [0.25, 0.3) is 5.56 Å². The topological polar surface area (TPSA) is 110 Å². The van der Waals surface area contributed by atoms with Gasteiger partial charge in [0.15, 0.2) is 22.8 Å². The van der Waals surface area contributed by atoms with Crippen LogP contribution in [0.5, 0.6) is 11.5 Å². The summed E-state index contributed by atoms with van der Waals surface area (Å²) in [6.45, 7) is 0.500. The van der Waals surface area contributed by atoms with Crippen LogP contribution in [0.2, 0.25) is 0 Å². The van der Waals surface area contributed by atoms with Crippen LogP contribution in [-0.4, -0.2) is 51.4 Å². The molecule has 0 unspecified atom stereocenters. The highest BCUT2D eigenvalue weighted by atomic mass is 32.1. The van der Waals surface area contributed by atoms with E-state index in [4.69, 9.17) is 29.2 Å². The highest BCUT2D eigenvalue weighted by Crippen LogP contribution is 2.37. The number of ether oxygens (including phenoxy) is 3. The van der Waals surface area contributed by atoms with E-state index >= 15 is 0 Å². The predicted octanol–water partition coefficient (Wildman–Crippen LogP) is 5.27. The third-order valence-corrected chi connectivity index (χ3v) is 9.38. The molecule has 218 valence electrons. The minimum absolute atomic E-state index is 0.298. The molecule has 0 aliphatic heterocycles. The molecule has 0 spiro atoms. The fraction of sp³-hybridized carbons (Fsp3) is 0.281. The Hall–Kier alpha value is -4.77. The Morgan fingerprint density at radius 3 is 2.49 bits per heavy atom. The van der Waals surface area contributed by atoms with E-state index in [9.17, 15) is 9.59 Å². The van der Waals surface area contributed by atoms with E-state index in [-0.39, 0.29) is 5.56 Å². The molecule has 0 atom stereocenters. The van der Waals surface area contributed by atoms with E-state index in [0.717, 1.165) is 47.2 Å². The van der Waals surface area contributed by atoms with Crippen molar-refractivity contribution in [2.45, 2.75) is 38.6 Å². The maximum Gasteiger partial charge on any atom is 0.341 e. The quantitative estimate of drug-likeness (QED) is 0.230. The molecule has 4 heterocycles. The second kappa shape index (κ2) is 10.8. The maximum absolute atomic E-state index is 14.4. The first-order valence-corrected chi connectivity index (χ1v) is 14.9. The van der Waals surface area contributed by atoms with E-state index in [0.29, 0.717) is 62.7 Å². The second-order valence-corrected chi connectivity index (χ2v) is 11.6. The first-order chi connectivity index (χ1) is 21.0. The van der Waals surface area contributed by atoms with Crippen molar-refractivity contribution in [3.63, 3.8) is 0 Å². The van der Waals surface area contributed by atoms with Crippen LogP contribution in [0, 0.1) is 0 Å². The Morgan fingerprint density at radius 1 is 0.953 bits per heavy atom. The smallest absolute Gasteiger partial charge is 0.341 e. The molecule has 6 aromatic rings. The number of carbonyl (C=O) groups is 1. The van der Waals surface area contributed by atoms with Crippen molar-refractivity contribution in [3.05, 3.63) is 80.7 Å². The van der Waals surface area contributed by atoms with Crippen molar-refractivity contribution in [1.29, 1.82) is 0 Å². The minimum Gasteiger partial charge on any atom is -0.493 e. The van der Waals surface area contributed by atoms with Crippen LogP contribution in [0.3, 0.4) is 0 Å². The molecule has 1 aliphatic carbocycles. The summed E-state index contributed by atoms with van der Waals surface area (Å²) in [5.74, 6) is 0.864. The molecule has 0 amide bonds. The van der Waals surface area contributed by atoms with Gasteiger partial charge < -0.3 is 18.8 Å². The van der Waals surface area contributed by atoms with Crippen LogP contribution >= 0.6 is 11.3 Å². The van der Waals surface area contributed by atoms with Gasteiger partial charge in [-0.3, -0.25) is 9.36 Å². The Morgan fingerprint density at radius 2 is 1.72 bits per heavy atom. The van der Waals surface area contributed by atoms with Gasteiger partial charge in [-0.25, -0.2) is 19.7 Å². The summed E-state index contributed by atoms with van der Waals surface area (Å²) in [6.07, 6.45) is 5.85. The second-order valence-electron chi connectivity index (χ2n) is 10.5. The molecule has 1 aliphatic rings. The van der Waals surface area contributed by atoms with Crippen molar-refractivity contribution < 1.29 is 19.0 Å². The molecule has 0 bridgehead atoms. The first-order valence-electron chi connectivity index (χ1n) is 14.1. The number of hydrogen-bond donors (Lipinski definition) is 0. The largest absolute Gasteiger partial charge is 0.493 e. The Labute approximate surface area is 250 Å². The number of thiophene rings is 1. The van der Waals surface area contributed by atoms with Gasteiger partial charge >= 0.3 is 5.97 Å². The van der Waals surface area contributed by atoms with Crippen molar-refractivity contribution in [3.8, 4) is 16.5 Å². The summed E-state index contributed by atoms with van der Waals surface area (Å²) < 4.78 is 19.5. The zero-order valence-corrected chi connectivity index (χ0v) is 24.9. The molecule has 7 rings (SSSR count). The number of fused-ring (bicyclic) bond motifs is 5. The highest BCUT2D eigenvalue weighted by Gasteiger charge is 2.29. The zero-order chi connectivity index (χ0) is 29.7. The molecule has 0 saturated carbocycles. The first kappa shape index (κ1) is 27.1. The third kappa shape index (κ3) is 4.42. The van der Waals surface area contributed by atoms with Crippen molar-refractivity contribution >= 4 is 50.5 Å². The van der Waals surface area contributed by atoms with Crippen molar-refractivity contribution in [2.24, 2.45) is 0 Å². The number of hydrogen-bond acceptors (Lipinski definition) is 9. The summed E-state index contributed by atoms with van der Waals surface area (Å²) >= 11 is 1.47. The number of methoxy groups -OCH3 is 3. The van der Waals surface area contributed by atoms with Crippen LogP contribution in [0.4, 0.5) is 0 Å². The molecule has 0 fully saturated rings. The number of carbonyl (C=O) groups excluding carboxylic acids is 1. The Bertz CT molecular complexity index is 2110. The molecule has 2 aromatic carbocycles. The van der Waals surface area contributed by atoms with Gasteiger partial charge in [0.2, 0.25) is 0 Å². The fourth-order valence-corrected chi connectivity index (χ4v) is 7.32. The van der Waals surface area contributed by atoms with E-state index in [1.165, 1.54) is 29.3 Å². The maximum atomic E-state index is 14.4. The molecule has 0 saturated heterocycles. The fourth-order valence-electron chi connectivity index (χ4n) is 5.97. The SMILES string of the molecule is COC(=O)c1c(-n2cnc3c(c2=O)c2nc4ccccc4nc2n3CCc2ccc(OC)c(OC)c2)sc2c1CCCC2. The third-order valence-electron chi connectivity index (χ3n) is 8.09. The van der Waals surface area contributed by atoms with Gasteiger partial charge in [0.1, 0.15) is 22.2 Å². The summed E-state index contributed by atoms with van der Waals surface area (Å²) in [5, 5.41) is 0.906. The number of benzene rings is 2. The number of esters is 1. The van der Waals surface area contributed by atoms with Gasteiger partial charge in [-0.05, 0) is 67.5 Å². The number of para-hydroxylation sites is 2. The van der Waals surface area contributed by atoms with Gasteiger partial charge in [0, 0.05) is 11.4 Å². The summed E-state index contributed by atoms with van der Waals surface area (Å²) in [7, 11) is 4.59. The summed E-state index contributed by atoms with van der Waals surface area (Å²) in [6, 6.07) is 13.4. The molecule has 0 N–H and O–H groups in total. The van der Waals surface area contributed by atoms with E-state index in [1.54, 1.807) is 14.2 Å². The summed E-state index contributed by atoms with van der Waals surface area (Å²) in [4.78, 5) is 43.1. The lowest BCUT2D eigenvalue weighted by Gasteiger charge is -2.12. The standard InChI is InChI=1S/C32H29N5O5S/c1-40-22-13-12-18(16-23(22)41-2)14-15-36-28-26(27-29(36)35-21-10-6-5-9-20(21)34-27)30(38)37(17-33-28)31-25(32(39)42-3)19-8-4-7-11-24(19)43-31/h5-6,9-10,12-13,16-17H,4,7-8,11,14-15H2,1-3H3. The summed E-state index contributed by atoms with van der Waals surface area (Å²) in [5.41, 5.74) is 5.13. The highest BCUT2D eigenvalue weighted by molar-refractivity contribution is 7.15. The molecule has 4 aromatic heterocycles. The zero-order valence-electron chi connectivity index (χ0n) is 24.0. The molecular weight excluding hydrogens is 566 g/mol. The van der Waals surface area contributed by atoms with Gasteiger partial charge in [0.05, 0.1) is 37.9 Å². The Kier molecular flexibility index (Phi) is 6.81. The van der Waals surface area contributed by atoms with E-state index < -0.39 is 5.97 Å². The van der Waals surface area contributed by atoms with Gasteiger partial charge in [-0.1, -0.05) is 18.2 Å². The average molecular weight is 596 g/mol. The lowest BCUT2D eigenvalue weighted by molar-refractivity contribution is 0.0600. The molecule has 43 heavy (non-hydrogen) atoms. The lowest BCUT2D eigenvalue weighted by Crippen LogP contribution is -2.21. The van der Waals surface area contributed by atoms with E-state index in [2.05, 4.69) is 0 Å². The van der Waals surface area contributed by atoms with E-state index in [1.807, 2.05) is 47.0 Å². The van der Waals surface area contributed by atoms with Crippen LogP contribution in [0.1, 0.15) is 39.2 Å². The molecule has 0 radical (unpaired) electrons. The lowest BCUT2D eigenvalue weighted by atomic mass is 9.95. The average Bonchev–Trinajstić information content (AvgIpc) is 3.58. The minimum atomic E-state index is -0.440. The normalized spacial score (nSPS) is 13.0. The van der Waals surface area contributed by atoms with Crippen LogP contribution < -0.4 is 15.0 Å². The molecule has 10 nitrogen and oxygen atoms in total. The predicted molar refractivity (Wildman–Crippen MR) is 165 cm³/mol. The van der Waals surface area contributed by atoms with Gasteiger partial charge in [-0.2, -0.15) is 0 Å². The molecular formula is C32H29N5O5S.